The highest BCUT2D eigenvalue weighted by Crippen LogP contribution is 2.24. The number of nitrogens with zero attached hydrogens (tertiary/aromatic N) is 2. The number of anilines is 1. The van der Waals surface area contributed by atoms with Crippen LogP contribution in [0.2, 0.25) is 5.02 Å². The number of halogens is 1. The Balaban J connectivity index is 1.52. The molecule has 0 bridgehead atoms. The molecule has 7 nitrogen and oxygen atoms in total. The number of nitrogens with one attached hydrogen (secondary N) is 1. The van der Waals surface area contributed by atoms with E-state index in [0.717, 1.165) is 10.5 Å². The van der Waals surface area contributed by atoms with Crippen molar-refractivity contribution in [1.29, 1.82) is 5.26 Å². The normalized spacial score (nSPS) is 14.7. The van der Waals surface area contributed by atoms with E-state index in [9.17, 15) is 14.4 Å². The number of carbonyl (C=O) groups is 3. The first-order valence-electron chi connectivity index (χ1n) is 9.84. The third-order valence-electron chi connectivity index (χ3n) is 4.91. The Morgan fingerprint density at radius 2 is 1.67 bits per heavy atom. The van der Waals surface area contributed by atoms with Gasteiger partial charge >= 0.3 is 6.03 Å². The molecule has 33 heavy (non-hydrogen) atoms. The average molecular weight is 458 g/mol. The molecule has 4 rings (SSSR count). The largest absolute Gasteiger partial charge is 0.489 e. The fraction of sp³-hybridized carbons (Fsp3) is 0.0400. The average Bonchev–Trinajstić information content (AvgIpc) is 2.82. The summed E-state index contributed by atoms with van der Waals surface area (Å²) in [6.07, 6.45) is 1.40. The smallest absolute Gasteiger partial charge is 0.335 e. The van der Waals surface area contributed by atoms with Crippen LogP contribution in [0.4, 0.5) is 10.5 Å². The molecule has 3 aromatic rings. The van der Waals surface area contributed by atoms with Crippen LogP contribution in [0.5, 0.6) is 5.75 Å². The number of benzene rings is 3. The van der Waals surface area contributed by atoms with E-state index in [1.165, 1.54) is 18.2 Å². The quantitative estimate of drug-likeness (QED) is 0.450. The highest BCUT2D eigenvalue weighted by molar-refractivity contribution is 6.39. The summed E-state index contributed by atoms with van der Waals surface area (Å²) in [7, 11) is 0. The van der Waals surface area contributed by atoms with E-state index in [1.54, 1.807) is 48.5 Å². The predicted molar refractivity (Wildman–Crippen MR) is 122 cm³/mol. The number of nitriles is 1. The van der Waals surface area contributed by atoms with E-state index in [-0.39, 0.29) is 12.2 Å². The molecule has 1 fully saturated rings. The maximum Gasteiger partial charge on any atom is 0.335 e. The fourth-order valence-electron chi connectivity index (χ4n) is 3.23. The fourth-order valence-corrected chi connectivity index (χ4v) is 3.35. The first-order valence-corrected chi connectivity index (χ1v) is 10.2. The lowest BCUT2D eigenvalue weighted by atomic mass is 10.1. The monoisotopic (exact) mass is 457 g/mol. The molecule has 8 heteroatoms. The Morgan fingerprint density at radius 3 is 2.36 bits per heavy atom. The number of amides is 4. The number of imide groups is 2. The molecule has 3 aromatic carbocycles. The van der Waals surface area contributed by atoms with Crippen LogP contribution in [0.15, 0.2) is 78.4 Å². The van der Waals surface area contributed by atoms with Crippen molar-refractivity contribution >= 4 is 41.2 Å². The molecule has 0 spiro atoms. The van der Waals surface area contributed by atoms with Crippen LogP contribution in [0.25, 0.3) is 6.08 Å². The molecule has 1 heterocycles. The second-order valence-corrected chi connectivity index (χ2v) is 7.50. The van der Waals surface area contributed by atoms with E-state index in [1.807, 2.05) is 12.1 Å². The number of barbiturate groups is 1. The second-order valence-electron chi connectivity index (χ2n) is 7.06. The van der Waals surface area contributed by atoms with Crippen LogP contribution in [0, 0.1) is 11.3 Å². The van der Waals surface area contributed by atoms with E-state index in [4.69, 9.17) is 21.6 Å². The van der Waals surface area contributed by atoms with Gasteiger partial charge in [-0.2, -0.15) is 5.26 Å². The van der Waals surface area contributed by atoms with Crippen molar-refractivity contribution in [2.75, 3.05) is 4.90 Å². The maximum atomic E-state index is 12.9. The van der Waals surface area contributed by atoms with E-state index in [2.05, 4.69) is 11.4 Å². The van der Waals surface area contributed by atoms with Gasteiger partial charge in [0, 0.05) is 10.6 Å². The van der Waals surface area contributed by atoms with Gasteiger partial charge in [-0.1, -0.05) is 41.9 Å². The number of urea groups is 1. The summed E-state index contributed by atoms with van der Waals surface area (Å²) in [6, 6.07) is 21.3. The number of hydrogen-bond acceptors (Lipinski definition) is 5. The standard InChI is InChI=1S/C25H16ClN3O4/c26-19-7-9-20(10-8-19)29-24(31)22(23(30)28-25(29)32)13-16-5-11-21(12-6-16)33-15-18-4-2-1-3-17(18)14-27/h1-13H,15H2,(H,28,30,32)/b22-13-. The summed E-state index contributed by atoms with van der Waals surface area (Å²) in [6.45, 7) is 0.225. The minimum absolute atomic E-state index is 0.179. The van der Waals surface area contributed by atoms with Crippen LogP contribution in [0.3, 0.4) is 0 Å². The Hall–Kier alpha value is -4.41. The third kappa shape index (κ3) is 4.76. The Kier molecular flexibility index (Phi) is 6.20. The van der Waals surface area contributed by atoms with Crippen molar-refractivity contribution in [1.82, 2.24) is 5.32 Å². The van der Waals surface area contributed by atoms with Gasteiger partial charge in [0.15, 0.2) is 0 Å². The van der Waals surface area contributed by atoms with Gasteiger partial charge in [0.25, 0.3) is 11.8 Å². The summed E-state index contributed by atoms with van der Waals surface area (Å²) >= 11 is 5.87. The lowest BCUT2D eigenvalue weighted by molar-refractivity contribution is -0.122. The maximum absolute atomic E-state index is 12.9. The molecule has 4 amide bonds. The first kappa shape index (κ1) is 21.8. The summed E-state index contributed by atoms with van der Waals surface area (Å²) in [4.78, 5) is 38.4. The number of carbonyl (C=O) groups excluding carboxylic acids is 3. The topological polar surface area (TPSA) is 99.5 Å². The minimum Gasteiger partial charge on any atom is -0.489 e. The SMILES string of the molecule is N#Cc1ccccc1COc1ccc(/C=C2/C(=O)NC(=O)N(c3ccc(Cl)cc3)C2=O)cc1. The molecule has 1 N–H and O–H groups in total. The van der Waals surface area contributed by atoms with Crippen molar-refractivity contribution < 1.29 is 19.1 Å². The molecule has 0 unspecified atom stereocenters. The zero-order valence-electron chi connectivity index (χ0n) is 17.1. The highest BCUT2D eigenvalue weighted by Gasteiger charge is 2.36. The first-order chi connectivity index (χ1) is 16.0. The van der Waals surface area contributed by atoms with E-state index in [0.29, 0.717) is 27.6 Å². The molecule has 0 saturated carbocycles. The van der Waals surface area contributed by atoms with Crippen molar-refractivity contribution in [2.45, 2.75) is 6.61 Å². The van der Waals surface area contributed by atoms with Gasteiger partial charge < -0.3 is 4.74 Å². The van der Waals surface area contributed by atoms with Crippen LogP contribution >= 0.6 is 11.6 Å². The van der Waals surface area contributed by atoms with Crippen LogP contribution < -0.4 is 15.0 Å². The minimum atomic E-state index is -0.828. The molecular weight excluding hydrogens is 442 g/mol. The van der Waals surface area contributed by atoms with Gasteiger partial charge in [0.1, 0.15) is 17.9 Å². The van der Waals surface area contributed by atoms with Gasteiger partial charge in [0.05, 0.1) is 17.3 Å². The summed E-state index contributed by atoms with van der Waals surface area (Å²) in [5, 5.41) is 11.8. The van der Waals surface area contributed by atoms with Gasteiger partial charge in [-0.3, -0.25) is 14.9 Å². The number of ether oxygens (including phenoxy) is 1. The summed E-state index contributed by atoms with van der Waals surface area (Å²) in [5.74, 6) is -0.953. The van der Waals surface area contributed by atoms with Gasteiger partial charge in [-0.05, 0) is 54.1 Å². The summed E-state index contributed by atoms with van der Waals surface area (Å²) in [5.41, 5.74) is 2.00. The van der Waals surface area contributed by atoms with Crippen molar-refractivity contribution in [2.24, 2.45) is 0 Å². The lowest BCUT2D eigenvalue weighted by Gasteiger charge is -2.26. The van der Waals surface area contributed by atoms with Crippen LogP contribution in [-0.2, 0) is 16.2 Å². The van der Waals surface area contributed by atoms with Gasteiger partial charge in [-0.15, -0.1) is 0 Å². The van der Waals surface area contributed by atoms with Crippen LogP contribution in [0.1, 0.15) is 16.7 Å². The van der Waals surface area contributed by atoms with Crippen molar-refractivity contribution in [3.8, 4) is 11.8 Å². The number of rotatable bonds is 5. The molecule has 162 valence electrons. The Labute approximate surface area is 194 Å². The zero-order valence-corrected chi connectivity index (χ0v) is 17.9. The van der Waals surface area contributed by atoms with Crippen molar-refractivity contribution in [3.05, 3.63) is 100 Å². The molecule has 0 aliphatic carbocycles. The Bertz CT molecular complexity index is 1310. The Morgan fingerprint density at radius 1 is 0.970 bits per heavy atom. The molecule has 0 aromatic heterocycles. The predicted octanol–water partition coefficient (Wildman–Crippen LogP) is 4.46. The van der Waals surface area contributed by atoms with Gasteiger partial charge in [-0.25, -0.2) is 9.69 Å². The molecule has 1 saturated heterocycles. The molecule has 0 radical (unpaired) electrons. The van der Waals surface area contributed by atoms with Crippen molar-refractivity contribution in [3.63, 3.8) is 0 Å². The van der Waals surface area contributed by atoms with E-state index >= 15 is 0 Å². The molecule has 0 atom stereocenters. The molecule has 1 aliphatic rings. The third-order valence-corrected chi connectivity index (χ3v) is 5.16. The van der Waals surface area contributed by atoms with Crippen LogP contribution in [-0.4, -0.2) is 17.8 Å². The summed E-state index contributed by atoms with van der Waals surface area (Å²) < 4.78 is 5.74. The lowest BCUT2D eigenvalue weighted by Crippen LogP contribution is -2.54. The van der Waals surface area contributed by atoms with E-state index < -0.39 is 17.8 Å². The molecular formula is C25H16ClN3O4. The second kappa shape index (κ2) is 9.39. The van der Waals surface area contributed by atoms with Gasteiger partial charge in [0.2, 0.25) is 0 Å². The highest BCUT2D eigenvalue weighted by atomic mass is 35.5. The molecule has 1 aliphatic heterocycles. The zero-order chi connectivity index (χ0) is 23.4. The number of hydrogen-bond donors (Lipinski definition) is 1.